The second-order valence-electron chi connectivity index (χ2n) is 15.2. The van der Waals surface area contributed by atoms with Crippen LogP contribution in [0.3, 0.4) is 0 Å². The molecule has 4 aromatic rings. The number of fused-ring (bicyclic) bond motifs is 1. The van der Waals surface area contributed by atoms with Crippen molar-refractivity contribution in [2.45, 2.75) is 101 Å². The molecular formula is C41H52N6O4S. The van der Waals surface area contributed by atoms with Crippen LogP contribution in [0.2, 0.25) is 0 Å². The van der Waals surface area contributed by atoms with E-state index in [-0.39, 0.29) is 35.4 Å². The lowest BCUT2D eigenvalue weighted by Crippen LogP contribution is -2.57. The van der Waals surface area contributed by atoms with E-state index < -0.39 is 29.8 Å². The molecule has 0 aliphatic carbocycles. The van der Waals surface area contributed by atoms with Crippen LogP contribution in [0.4, 0.5) is 0 Å². The highest BCUT2D eigenvalue weighted by Crippen LogP contribution is 2.32. The van der Waals surface area contributed by atoms with E-state index in [0.29, 0.717) is 30.1 Å². The first-order chi connectivity index (χ1) is 24.6. The van der Waals surface area contributed by atoms with Gasteiger partial charge in [-0.25, -0.2) is 9.97 Å². The summed E-state index contributed by atoms with van der Waals surface area (Å²) in [4.78, 5) is 52.4. The third-order valence-corrected chi connectivity index (χ3v) is 10.2. The summed E-state index contributed by atoms with van der Waals surface area (Å²) in [5, 5.41) is 23.7. The van der Waals surface area contributed by atoms with Gasteiger partial charge in [0, 0.05) is 40.8 Å². The summed E-state index contributed by atoms with van der Waals surface area (Å²) < 4.78 is 0. The van der Waals surface area contributed by atoms with Gasteiger partial charge in [0.05, 0.1) is 18.2 Å². The fraction of sp³-hybridized carbons (Fsp3) is 0.439. The standard InChI is InChI=1S/C41H52N6O4S/c1-25(2)36(45-37(49)31-18-17-29-15-11-12-16-30(29)21-31)39(51)44-33(20-28-13-9-8-10-14-28)35(48)24-47-23-32(22-34(47)38(50)46-41(5,6)7)52-40-42-26(3)19-27(4)43-40/h8-19,21,25,32-36,48H,20,22-24H2,1-7H3,(H,44,51)(H,45,49)(H,46,50)/t32-,33+,34+,35-,36+/m1/s1. The number of amides is 3. The molecule has 1 aliphatic heterocycles. The lowest BCUT2D eigenvalue weighted by molar-refractivity contribution is -0.128. The van der Waals surface area contributed by atoms with Crippen LogP contribution in [0.15, 0.2) is 84.0 Å². The van der Waals surface area contributed by atoms with Gasteiger partial charge in [0.1, 0.15) is 6.04 Å². The molecule has 4 N–H and O–H groups in total. The number of hydrogen-bond acceptors (Lipinski definition) is 8. The number of carbonyl (C=O) groups excluding carboxylic acids is 3. The van der Waals surface area contributed by atoms with Crippen LogP contribution in [-0.4, -0.2) is 85.8 Å². The Morgan fingerprint density at radius 1 is 0.904 bits per heavy atom. The highest BCUT2D eigenvalue weighted by Gasteiger charge is 2.41. The van der Waals surface area contributed by atoms with E-state index >= 15 is 0 Å². The first-order valence-corrected chi connectivity index (χ1v) is 18.9. The predicted molar refractivity (Wildman–Crippen MR) is 207 cm³/mol. The summed E-state index contributed by atoms with van der Waals surface area (Å²) in [5.41, 5.74) is 2.74. The summed E-state index contributed by atoms with van der Waals surface area (Å²) >= 11 is 1.55. The summed E-state index contributed by atoms with van der Waals surface area (Å²) in [7, 11) is 0. The number of aryl methyl sites for hydroxylation is 2. The zero-order valence-electron chi connectivity index (χ0n) is 31.2. The smallest absolute Gasteiger partial charge is 0.251 e. The Balaban J connectivity index is 1.35. The lowest BCUT2D eigenvalue weighted by Gasteiger charge is -2.33. The number of thioether (sulfide) groups is 1. The summed E-state index contributed by atoms with van der Waals surface area (Å²) in [6.07, 6.45) is -0.112. The zero-order valence-corrected chi connectivity index (χ0v) is 32.0. The number of hydrogen-bond donors (Lipinski definition) is 4. The molecule has 52 heavy (non-hydrogen) atoms. The molecule has 1 saturated heterocycles. The number of likely N-dealkylation sites (tertiary alicyclic amines) is 1. The minimum absolute atomic E-state index is 0.0157. The largest absolute Gasteiger partial charge is 0.390 e. The molecule has 0 bridgehead atoms. The average Bonchev–Trinajstić information content (AvgIpc) is 3.47. The molecule has 10 nitrogen and oxygen atoms in total. The van der Waals surface area contributed by atoms with Gasteiger partial charge in [-0.2, -0.15) is 0 Å². The van der Waals surface area contributed by atoms with Crippen molar-refractivity contribution in [2.24, 2.45) is 5.92 Å². The predicted octanol–water partition coefficient (Wildman–Crippen LogP) is 5.24. The van der Waals surface area contributed by atoms with Crippen molar-refractivity contribution < 1.29 is 19.5 Å². The quantitative estimate of drug-likeness (QED) is 0.138. The van der Waals surface area contributed by atoms with Gasteiger partial charge in [-0.05, 0) is 87.9 Å². The normalized spacial score (nSPS) is 18.2. The Morgan fingerprint density at radius 3 is 2.21 bits per heavy atom. The van der Waals surface area contributed by atoms with Gasteiger partial charge in [0.2, 0.25) is 11.8 Å². The van der Waals surface area contributed by atoms with Gasteiger partial charge >= 0.3 is 0 Å². The van der Waals surface area contributed by atoms with Crippen LogP contribution in [0.1, 0.15) is 68.3 Å². The average molecular weight is 725 g/mol. The molecular weight excluding hydrogens is 673 g/mol. The van der Waals surface area contributed by atoms with E-state index in [0.717, 1.165) is 27.7 Å². The Labute approximate surface area is 311 Å². The van der Waals surface area contributed by atoms with E-state index in [1.54, 1.807) is 17.8 Å². The third-order valence-electron chi connectivity index (χ3n) is 9.16. The molecule has 0 radical (unpaired) electrons. The summed E-state index contributed by atoms with van der Waals surface area (Å²) in [5.74, 6) is -1.06. The van der Waals surface area contributed by atoms with Crippen molar-refractivity contribution in [3.05, 3.63) is 101 Å². The van der Waals surface area contributed by atoms with E-state index in [9.17, 15) is 19.5 Å². The molecule has 5 atom stereocenters. The maximum atomic E-state index is 14.0. The molecule has 0 saturated carbocycles. The third kappa shape index (κ3) is 10.6. The van der Waals surface area contributed by atoms with Crippen molar-refractivity contribution in [3.63, 3.8) is 0 Å². The number of aromatic nitrogens is 2. The Kier molecular flexibility index (Phi) is 12.7. The highest BCUT2D eigenvalue weighted by atomic mass is 32.2. The lowest BCUT2D eigenvalue weighted by atomic mass is 9.97. The van der Waals surface area contributed by atoms with Gasteiger partial charge in [-0.1, -0.05) is 86.3 Å². The number of nitrogens with one attached hydrogen (secondary N) is 3. The van der Waals surface area contributed by atoms with Crippen LogP contribution in [0.5, 0.6) is 0 Å². The van der Waals surface area contributed by atoms with E-state index in [4.69, 9.17) is 0 Å². The highest BCUT2D eigenvalue weighted by molar-refractivity contribution is 7.99. The fourth-order valence-electron chi connectivity index (χ4n) is 6.65. The van der Waals surface area contributed by atoms with Gasteiger partial charge < -0.3 is 21.1 Å². The van der Waals surface area contributed by atoms with Gasteiger partial charge in [0.25, 0.3) is 5.91 Å². The number of carbonyl (C=O) groups is 3. The van der Waals surface area contributed by atoms with Gasteiger partial charge in [-0.3, -0.25) is 19.3 Å². The number of benzene rings is 3. The van der Waals surface area contributed by atoms with E-state index in [2.05, 4.69) is 25.9 Å². The Morgan fingerprint density at radius 2 is 1.56 bits per heavy atom. The van der Waals surface area contributed by atoms with Crippen LogP contribution in [-0.2, 0) is 16.0 Å². The molecule has 3 aromatic carbocycles. The summed E-state index contributed by atoms with van der Waals surface area (Å²) in [6, 6.07) is 22.9. The van der Waals surface area contributed by atoms with Crippen LogP contribution in [0, 0.1) is 19.8 Å². The number of β-amino-alcohol motifs (C(OH)–C–C–N with tert-alkyl or cyclic N) is 1. The van der Waals surface area contributed by atoms with Crippen molar-refractivity contribution in [1.29, 1.82) is 0 Å². The molecule has 0 spiro atoms. The molecule has 3 amide bonds. The number of aliphatic hydroxyl groups excluding tert-OH is 1. The number of rotatable bonds is 13. The van der Waals surface area contributed by atoms with Crippen molar-refractivity contribution in [2.75, 3.05) is 13.1 Å². The van der Waals surface area contributed by atoms with Crippen molar-refractivity contribution >= 4 is 40.3 Å². The molecule has 276 valence electrons. The monoisotopic (exact) mass is 724 g/mol. The molecule has 1 fully saturated rings. The van der Waals surface area contributed by atoms with Crippen molar-refractivity contribution in [1.82, 2.24) is 30.8 Å². The van der Waals surface area contributed by atoms with Gasteiger partial charge in [0.15, 0.2) is 5.16 Å². The molecule has 1 aromatic heterocycles. The minimum atomic E-state index is -1.03. The second kappa shape index (κ2) is 17.0. The molecule has 0 unspecified atom stereocenters. The molecule has 11 heteroatoms. The van der Waals surface area contributed by atoms with Crippen LogP contribution in [0.25, 0.3) is 10.8 Å². The molecule has 1 aliphatic rings. The topological polar surface area (TPSA) is 137 Å². The first-order valence-electron chi connectivity index (χ1n) is 18.0. The second-order valence-corrected chi connectivity index (χ2v) is 16.5. The first kappa shape index (κ1) is 38.9. The van der Waals surface area contributed by atoms with Crippen LogP contribution >= 0.6 is 11.8 Å². The zero-order chi connectivity index (χ0) is 37.6. The van der Waals surface area contributed by atoms with Gasteiger partial charge in [-0.15, -0.1) is 0 Å². The van der Waals surface area contributed by atoms with E-state index in [1.165, 1.54) is 0 Å². The maximum Gasteiger partial charge on any atom is 0.251 e. The number of aliphatic hydroxyl groups is 1. The molecule has 5 rings (SSSR count). The fourth-order valence-corrected chi connectivity index (χ4v) is 7.89. The Bertz CT molecular complexity index is 1840. The van der Waals surface area contributed by atoms with Crippen LogP contribution < -0.4 is 16.0 Å². The maximum absolute atomic E-state index is 14.0. The minimum Gasteiger partial charge on any atom is -0.390 e. The number of nitrogens with zero attached hydrogens (tertiary/aromatic N) is 3. The Hall–Kier alpha value is -4.32. The SMILES string of the molecule is Cc1cc(C)nc(S[C@@H]2C[C@@H](C(=O)NC(C)(C)C)N(C[C@@H](O)[C@H](Cc3ccccc3)NC(=O)[C@@H](NC(=O)c3ccc4ccccc4c3)C(C)C)C2)n1. The molecule has 2 heterocycles. The van der Waals surface area contributed by atoms with Crippen molar-refractivity contribution in [3.8, 4) is 0 Å². The summed E-state index contributed by atoms with van der Waals surface area (Å²) in [6.45, 7) is 14.2. The van der Waals surface area contributed by atoms with E-state index in [1.807, 2.05) is 126 Å².